The molecular weight excluding hydrogens is 364 g/mol. The van der Waals surface area contributed by atoms with Crippen molar-refractivity contribution in [2.45, 2.75) is 78.9 Å². The number of carbonyl (C=O) groups excluding carboxylic acids is 1. The molecule has 0 unspecified atom stereocenters. The Kier molecular flexibility index (Phi) is 7.28. The van der Waals surface area contributed by atoms with E-state index in [0.29, 0.717) is 18.7 Å². The summed E-state index contributed by atoms with van der Waals surface area (Å²) in [5.41, 5.74) is 3.71. The van der Waals surface area contributed by atoms with Crippen molar-refractivity contribution in [2.24, 2.45) is 0 Å². The SMILES string of the molecule is CCC(CC)OC(=O)[C@@H]1CCCCN1S(=O)(=O)Nc1cc(C)c(C)c(C)c1. The molecule has 1 aromatic carbocycles. The highest BCUT2D eigenvalue weighted by molar-refractivity contribution is 7.90. The van der Waals surface area contributed by atoms with Gasteiger partial charge in [-0.25, -0.2) is 0 Å². The number of nitrogens with one attached hydrogen (secondary N) is 1. The van der Waals surface area contributed by atoms with Gasteiger partial charge in [0.05, 0.1) is 5.69 Å². The zero-order valence-electron chi connectivity index (χ0n) is 17.0. The van der Waals surface area contributed by atoms with E-state index in [1.807, 2.05) is 46.8 Å². The Bertz CT molecular complexity index is 749. The molecule has 1 aliphatic heterocycles. The maximum absolute atomic E-state index is 13.0. The topological polar surface area (TPSA) is 75.7 Å². The third-order valence-corrected chi connectivity index (χ3v) is 6.95. The second-order valence-corrected chi connectivity index (χ2v) is 8.96. The van der Waals surface area contributed by atoms with Gasteiger partial charge in [0.15, 0.2) is 0 Å². The zero-order valence-corrected chi connectivity index (χ0v) is 17.9. The molecule has 1 fully saturated rings. The van der Waals surface area contributed by atoms with E-state index in [9.17, 15) is 13.2 Å². The third-order valence-electron chi connectivity index (χ3n) is 5.40. The molecular formula is C20H32N2O4S. The van der Waals surface area contributed by atoms with Crippen molar-refractivity contribution in [3.05, 3.63) is 28.8 Å². The number of hydrogen-bond donors (Lipinski definition) is 1. The van der Waals surface area contributed by atoms with Crippen LogP contribution in [-0.4, -0.2) is 37.4 Å². The lowest BCUT2D eigenvalue weighted by Gasteiger charge is -2.34. The largest absolute Gasteiger partial charge is 0.461 e. The molecule has 1 heterocycles. The average Bonchev–Trinajstić information content (AvgIpc) is 2.63. The van der Waals surface area contributed by atoms with Gasteiger partial charge >= 0.3 is 16.2 Å². The molecule has 0 aliphatic carbocycles. The molecule has 0 saturated carbocycles. The summed E-state index contributed by atoms with van der Waals surface area (Å²) in [6.45, 7) is 10.2. The van der Waals surface area contributed by atoms with Crippen LogP contribution in [0.15, 0.2) is 12.1 Å². The highest BCUT2D eigenvalue weighted by Crippen LogP contribution is 2.26. The van der Waals surface area contributed by atoms with Gasteiger partial charge < -0.3 is 4.74 Å². The average molecular weight is 397 g/mol. The third kappa shape index (κ3) is 5.23. The van der Waals surface area contributed by atoms with Crippen LogP contribution >= 0.6 is 0 Å². The van der Waals surface area contributed by atoms with Crippen LogP contribution in [-0.2, 0) is 19.7 Å². The molecule has 152 valence electrons. The number of rotatable bonds is 7. The second kappa shape index (κ2) is 9.06. The fourth-order valence-electron chi connectivity index (χ4n) is 3.43. The number of piperidine rings is 1. The van der Waals surface area contributed by atoms with Crippen LogP contribution in [0, 0.1) is 20.8 Å². The first-order valence-electron chi connectivity index (χ1n) is 9.77. The molecule has 1 aromatic rings. The first kappa shape index (κ1) is 21.7. The van der Waals surface area contributed by atoms with Crippen molar-refractivity contribution in [2.75, 3.05) is 11.3 Å². The molecule has 1 N–H and O–H groups in total. The van der Waals surface area contributed by atoms with Gasteiger partial charge in [0.1, 0.15) is 12.1 Å². The van der Waals surface area contributed by atoms with E-state index < -0.39 is 22.2 Å². The Labute approximate surface area is 163 Å². The molecule has 2 rings (SSSR count). The Balaban J connectivity index is 2.22. The molecule has 27 heavy (non-hydrogen) atoms. The van der Waals surface area contributed by atoms with Gasteiger partial charge in [0.25, 0.3) is 0 Å². The number of ether oxygens (including phenoxy) is 1. The first-order valence-corrected chi connectivity index (χ1v) is 11.2. The van der Waals surface area contributed by atoms with Crippen LogP contribution in [0.3, 0.4) is 0 Å². The van der Waals surface area contributed by atoms with Gasteiger partial charge in [-0.1, -0.05) is 13.8 Å². The summed E-state index contributed by atoms with van der Waals surface area (Å²) in [7, 11) is -3.84. The van der Waals surface area contributed by atoms with Crippen LogP contribution in [0.5, 0.6) is 0 Å². The van der Waals surface area contributed by atoms with Gasteiger partial charge in [-0.3, -0.25) is 9.52 Å². The fraction of sp³-hybridized carbons (Fsp3) is 0.650. The number of aryl methyl sites for hydroxylation is 2. The van der Waals surface area contributed by atoms with Crippen LogP contribution in [0.1, 0.15) is 62.6 Å². The quantitative estimate of drug-likeness (QED) is 0.710. The summed E-state index contributed by atoms with van der Waals surface area (Å²) in [6.07, 6.45) is 3.33. The fourth-order valence-corrected chi connectivity index (χ4v) is 4.86. The standard InChI is InChI=1S/C20H32N2O4S/c1-6-18(7-2)26-20(23)19-10-8-9-11-22(19)27(24,25)21-17-12-14(3)16(5)15(4)13-17/h12-13,18-19,21H,6-11H2,1-5H3/t19-/m0/s1. The van der Waals surface area contributed by atoms with E-state index in [4.69, 9.17) is 4.74 Å². The highest BCUT2D eigenvalue weighted by Gasteiger charge is 2.38. The monoisotopic (exact) mass is 396 g/mol. The van der Waals surface area contributed by atoms with E-state index in [1.54, 1.807) is 0 Å². The Morgan fingerprint density at radius 1 is 1.19 bits per heavy atom. The number of anilines is 1. The van der Waals surface area contributed by atoms with Crippen molar-refractivity contribution in [3.8, 4) is 0 Å². The summed E-state index contributed by atoms with van der Waals surface area (Å²) in [6, 6.07) is 2.88. The summed E-state index contributed by atoms with van der Waals surface area (Å²) in [5, 5.41) is 0. The van der Waals surface area contributed by atoms with Crippen LogP contribution in [0.25, 0.3) is 0 Å². The van der Waals surface area contributed by atoms with Crippen molar-refractivity contribution in [1.82, 2.24) is 4.31 Å². The van der Waals surface area contributed by atoms with Gasteiger partial charge in [0.2, 0.25) is 0 Å². The van der Waals surface area contributed by atoms with E-state index in [1.165, 1.54) is 4.31 Å². The predicted octanol–water partition coefficient (Wildman–Crippen LogP) is 3.85. The molecule has 0 radical (unpaired) electrons. The smallest absolute Gasteiger partial charge is 0.324 e. The van der Waals surface area contributed by atoms with E-state index in [0.717, 1.165) is 42.4 Å². The van der Waals surface area contributed by atoms with Crippen LogP contribution in [0.4, 0.5) is 5.69 Å². The van der Waals surface area contributed by atoms with Crippen molar-refractivity contribution < 1.29 is 17.9 Å². The summed E-state index contributed by atoms with van der Waals surface area (Å²) < 4.78 is 35.5. The maximum atomic E-state index is 13.0. The molecule has 1 aliphatic rings. The molecule has 7 heteroatoms. The number of carbonyl (C=O) groups is 1. The number of nitrogens with zero attached hydrogens (tertiary/aromatic N) is 1. The molecule has 1 atom stereocenters. The minimum Gasteiger partial charge on any atom is -0.461 e. The Hall–Kier alpha value is -1.60. The lowest BCUT2D eigenvalue weighted by molar-refractivity contribution is -0.155. The molecule has 0 bridgehead atoms. The number of benzene rings is 1. The van der Waals surface area contributed by atoms with Crippen molar-refractivity contribution in [3.63, 3.8) is 0 Å². The lowest BCUT2D eigenvalue weighted by Crippen LogP contribution is -2.51. The van der Waals surface area contributed by atoms with E-state index in [2.05, 4.69) is 4.72 Å². The summed E-state index contributed by atoms with van der Waals surface area (Å²) in [4.78, 5) is 12.6. The van der Waals surface area contributed by atoms with Crippen LogP contribution < -0.4 is 4.72 Å². The zero-order chi connectivity index (χ0) is 20.2. The van der Waals surface area contributed by atoms with Gasteiger partial charge in [0, 0.05) is 6.54 Å². The van der Waals surface area contributed by atoms with Crippen molar-refractivity contribution >= 4 is 21.9 Å². The minimum absolute atomic E-state index is 0.167. The number of esters is 1. The molecule has 0 spiro atoms. The lowest BCUT2D eigenvalue weighted by atomic mass is 10.0. The molecule has 6 nitrogen and oxygen atoms in total. The molecule has 0 aromatic heterocycles. The highest BCUT2D eigenvalue weighted by atomic mass is 32.2. The van der Waals surface area contributed by atoms with Gasteiger partial charge in [-0.2, -0.15) is 12.7 Å². The van der Waals surface area contributed by atoms with Crippen LogP contribution in [0.2, 0.25) is 0 Å². The summed E-state index contributed by atoms with van der Waals surface area (Å²) in [5.74, 6) is -0.440. The minimum atomic E-state index is -3.84. The first-order chi connectivity index (χ1) is 12.7. The van der Waals surface area contributed by atoms with E-state index in [-0.39, 0.29) is 6.10 Å². The van der Waals surface area contributed by atoms with Gasteiger partial charge in [-0.05, 0) is 81.7 Å². The normalized spacial score (nSPS) is 18.5. The van der Waals surface area contributed by atoms with Gasteiger partial charge in [-0.15, -0.1) is 0 Å². The Morgan fingerprint density at radius 3 is 2.33 bits per heavy atom. The van der Waals surface area contributed by atoms with E-state index >= 15 is 0 Å². The number of hydrogen-bond acceptors (Lipinski definition) is 4. The van der Waals surface area contributed by atoms with Crippen molar-refractivity contribution in [1.29, 1.82) is 0 Å². The second-order valence-electron chi connectivity index (χ2n) is 7.34. The predicted molar refractivity (Wildman–Crippen MR) is 108 cm³/mol. The maximum Gasteiger partial charge on any atom is 0.324 e. The Morgan fingerprint density at radius 2 is 1.78 bits per heavy atom. The molecule has 1 saturated heterocycles. The molecule has 0 amide bonds. The summed E-state index contributed by atoms with van der Waals surface area (Å²) >= 11 is 0.